The van der Waals surface area contributed by atoms with Crippen LogP contribution in [-0.4, -0.2) is 50.7 Å². The van der Waals surface area contributed by atoms with E-state index in [1.807, 2.05) is 0 Å². The molecule has 0 spiro atoms. The van der Waals surface area contributed by atoms with Gasteiger partial charge in [0, 0.05) is 12.8 Å². The molecule has 2 atom stereocenters. The second kappa shape index (κ2) is 17.4. The molecule has 8 nitrogen and oxygen atoms in total. The van der Waals surface area contributed by atoms with Gasteiger partial charge < -0.3 is 19.7 Å². The van der Waals surface area contributed by atoms with Gasteiger partial charge in [-0.2, -0.15) is 0 Å². The lowest BCUT2D eigenvalue weighted by Gasteiger charge is -2.33. The van der Waals surface area contributed by atoms with Crippen LogP contribution in [0.4, 0.5) is 0 Å². The highest BCUT2D eigenvalue weighted by molar-refractivity contribution is 5.92. The van der Waals surface area contributed by atoms with Crippen LogP contribution >= 0.6 is 0 Å². The van der Waals surface area contributed by atoms with Crippen LogP contribution in [0, 0.1) is 5.92 Å². The number of aliphatic hydroxyl groups is 1. The maximum absolute atomic E-state index is 12.9. The highest BCUT2D eigenvalue weighted by atomic mass is 16.6. The Morgan fingerprint density at radius 2 is 1.26 bits per heavy atom. The van der Waals surface area contributed by atoms with E-state index >= 15 is 0 Å². The first-order valence-corrected chi connectivity index (χ1v) is 14.1. The molecule has 0 fully saturated rings. The van der Waals surface area contributed by atoms with E-state index in [1.54, 1.807) is 47.6 Å². The summed E-state index contributed by atoms with van der Waals surface area (Å²) in [4.78, 5) is 49.4. The van der Waals surface area contributed by atoms with Crippen LogP contribution < -0.4 is 0 Å². The van der Waals surface area contributed by atoms with Crippen LogP contribution in [0.5, 0.6) is 0 Å². The van der Waals surface area contributed by atoms with Crippen LogP contribution in [0.2, 0.25) is 0 Å². The quantitative estimate of drug-likeness (QED) is 0.111. The van der Waals surface area contributed by atoms with Crippen molar-refractivity contribution >= 4 is 23.7 Å². The highest BCUT2D eigenvalue weighted by Crippen LogP contribution is 2.29. The zero-order chi connectivity index (χ0) is 29.4. The first-order valence-electron chi connectivity index (χ1n) is 14.1. The number of esters is 2. The summed E-state index contributed by atoms with van der Waals surface area (Å²) in [6.45, 7) is 11.8. The van der Waals surface area contributed by atoms with Gasteiger partial charge in [0.25, 0.3) is 0 Å². The number of carboxylic acid groups (broad SMARTS) is 1. The van der Waals surface area contributed by atoms with Crippen molar-refractivity contribution in [3.05, 3.63) is 12.2 Å². The zero-order valence-electron chi connectivity index (χ0n) is 24.8. The van der Waals surface area contributed by atoms with Gasteiger partial charge in [-0.1, -0.05) is 57.6 Å². The Balaban J connectivity index is 4.95. The zero-order valence-corrected chi connectivity index (χ0v) is 24.8. The molecule has 220 valence electrons. The predicted octanol–water partition coefficient (Wildman–Crippen LogP) is 6.32. The maximum atomic E-state index is 12.9. The molecule has 0 aromatic heterocycles. The van der Waals surface area contributed by atoms with Crippen molar-refractivity contribution < 1.29 is 38.9 Å². The van der Waals surface area contributed by atoms with E-state index in [0.717, 1.165) is 38.5 Å². The van der Waals surface area contributed by atoms with Crippen LogP contribution in [0.1, 0.15) is 132 Å². The number of ether oxygens (including phenoxy) is 2. The lowest BCUT2D eigenvalue weighted by molar-refractivity contribution is -0.192. The number of hydrogen-bond acceptors (Lipinski definition) is 7. The minimum absolute atomic E-state index is 0.317. The Morgan fingerprint density at radius 1 is 0.763 bits per heavy atom. The van der Waals surface area contributed by atoms with E-state index < -0.39 is 47.0 Å². The monoisotopic (exact) mass is 540 g/mol. The lowest BCUT2D eigenvalue weighted by Crippen LogP contribution is -2.53. The number of hydrogen-bond donors (Lipinski definition) is 2. The smallest absolute Gasteiger partial charge is 0.340 e. The van der Waals surface area contributed by atoms with E-state index in [1.165, 1.54) is 25.3 Å². The van der Waals surface area contributed by atoms with E-state index in [2.05, 4.69) is 6.92 Å². The number of allylic oxidation sites excluding steroid dienone is 1. The van der Waals surface area contributed by atoms with Gasteiger partial charge in [0.15, 0.2) is 5.60 Å². The fourth-order valence-corrected chi connectivity index (χ4v) is 3.94. The average molecular weight is 541 g/mol. The van der Waals surface area contributed by atoms with Gasteiger partial charge in [0.1, 0.15) is 22.9 Å². The van der Waals surface area contributed by atoms with Gasteiger partial charge in [-0.3, -0.25) is 14.4 Å². The summed E-state index contributed by atoms with van der Waals surface area (Å²) in [5.74, 6) is -4.92. The molecule has 8 heteroatoms. The van der Waals surface area contributed by atoms with E-state index in [-0.39, 0.29) is 0 Å². The summed E-state index contributed by atoms with van der Waals surface area (Å²) in [5.41, 5.74) is -4.50. The normalized spacial score (nSPS) is 14.6. The van der Waals surface area contributed by atoms with E-state index in [0.29, 0.717) is 25.0 Å². The molecule has 0 amide bonds. The van der Waals surface area contributed by atoms with Crippen molar-refractivity contribution in [3.8, 4) is 0 Å². The Hall–Kier alpha value is -2.22. The van der Waals surface area contributed by atoms with Crippen LogP contribution in [-0.2, 0) is 28.7 Å². The summed E-state index contributed by atoms with van der Waals surface area (Å²) in [6.07, 6.45) is 12.9. The molecular formula is C30H52O8. The number of carbonyl (C=O) groups excluding carboxylic acids is 3. The fourth-order valence-electron chi connectivity index (χ4n) is 3.94. The molecule has 0 saturated carbocycles. The number of Topliss-reactive ketones (excluding diaryl/α,β-unsaturated/α-hetero) is 1. The standard InChI is InChI=1S/C30H52O8/c1-8-9-10-13-16-19-23(31)20-17-14-11-12-15-18-21-24(26(33)34)30(36,27(35)38-29(5,6)7)22-25(32)37-28(2,3)4/h18,21,24,36H,8-17,19-20,22H2,1-7H3,(H,33,34)/b21-18+. The molecule has 0 radical (unpaired) electrons. The summed E-state index contributed by atoms with van der Waals surface area (Å²) < 4.78 is 10.5. The number of ketones is 1. The van der Waals surface area contributed by atoms with Crippen LogP contribution in [0.3, 0.4) is 0 Å². The van der Waals surface area contributed by atoms with Crippen LogP contribution in [0.25, 0.3) is 0 Å². The number of carboxylic acids is 1. The summed E-state index contributed by atoms with van der Waals surface area (Å²) in [7, 11) is 0. The average Bonchev–Trinajstić information content (AvgIpc) is 2.74. The fraction of sp³-hybridized carbons (Fsp3) is 0.800. The third-order valence-corrected chi connectivity index (χ3v) is 5.83. The van der Waals surface area contributed by atoms with Gasteiger partial charge in [0.2, 0.25) is 0 Å². The third kappa shape index (κ3) is 16.6. The molecule has 0 rings (SSSR count). The summed E-state index contributed by atoms with van der Waals surface area (Å²) in [5, 5.41) is 21.1. The molecular weight excluding hydrogens is 488 g/mol. The number of aliphatic carboxylic acids is 1. The molecule has 0 aliphatic rings. The van der Waals surface area contributed by atoms with Gasteiger partial charge in [0.05, 0.1) is 6.42 Å². The van der Waals surface area contributed by atoms with Crippen molar-refractivity contribution in [2.75, 3.05) is 0 Å². The van der Waals surface area contributed by atoms with Crippen molar-refractivity contribution in [3.63, 3.8) is 0 Å². The number of unbranched alkanes of at least 4 members (excludes halogenated alkanes) is 8. The molecule has 0 heterocycles. The Morgan fingerprint density at radius 3 is 1.74 bits per heavy atom. The largest absolute Gasteiger partial charge is 0.481 e. The third-order valence-electron chi connectivity index (χ3n) is 5.83. The molecule has 0 aliphatic heterocycles. The van der Waals surface area contributed by atoms with Crippen molar-refractivity contribution in [1.82, 2.24) is 0 Å². The highest BCUT2D eigenvalue weighted by Gasteiger charge is 2.51. The van der Waals surface area contributed by atoms with Crippen LogP contribution in [0.15, 0.2) is 12.2 Å². The Kier molecular flexibility index (Phi) is 16.4. The summed E-state index contributed by atoms with van der Waals surface area (Å²) in [6, 6.07) is 0. The second-order valence-corrected chi connectivity index (χ2v) is 12.1. The number of rotatable bonds is 19. The van der Waals surface area contributed by atoms with Crippen molar-refractivity contribution in [1.29, 1.82) is 0 Å². The Bertz CT molecular complexity index is 772. The van der Waals surface area contributed by atoms with Gasteiger partial charge in [-0.25, -0.2) is 4.79 Å². The van der Waals surface area contributed by atoms with Gasteiger partial charge >= 0.3 is 17.9 Å². The molecule has 0 bridgehead atoms. The molecule has 0 aliphatic carbocycles. The lowest BCUT2D eigenvalue weighted by atomic mass is 9.83. The van der Waals surface area contributed by atoms with Gasteiger partial charge in [-0.05, 0) is 67.2 Å². The van der Waals surface area contributed by atoms with Gasteiger partial charge in [-0.15, -0.1) is 0 Å². The predicted molar refractivity (Wildman–Crippen MR) is 148 cm³/mol. The molecule has 0 aromatic rings. The van der Waals surface area contributed by atoms with E-state index in [4.69, 9.17) is 9.47 Å². The summed E-state index contributed by atoms with van der Waals surface area (Å²) >= 11 is 0. The molecule has 38 heavy (non-hydrogen) atoms. The molecule has 2 unspecified atom stereocenters. The first kappa shape index (κ1) is 35.8. The maximum Gasteiger partial charge on any atom is 0.340 e. The van der Waals surface area contributed by atoms with Crippen molar-refractivity contribution in [2.24, 2.45) is 5.92 Å². The first-order chi connectivity index (χ1) is 17.5. The second-order valence-electron chi connectivity index (χ2n) is 12.1. The Labute approximate surface area is 229 Å². The SMILES string of the molecule is CCCCCCCC(=O)CCCCCC/C=C/C(C(=O)O)C(O)(CC(=O)OC(C)(C)C)C(=O)OC(C)(C)C. The molecule has 2 N–H and O–H groups in total. The minimum Gasteiger partial charge on any atom is -0.481 e. The molecule has 0 aromatic carbocycles. The van der Waals surface area contributed by atoms with E-state index in [9.17, 15) is 29.4 Å². The minimum atomic E-state index is -2.63. The topological polar surface area (TPSA) is 127 Å². The van der Waals surface area contributed by atoms with Crippen molar-refractivity contribution in [2.45, 2.75) is 149 Å². The number of carbonyl (C=O) groups is 4. The molecule has 0 saturated heterocycles.